The van der Waals surface area contributed by atoms with Gasteiger partial charge in [0.1, 0.15) is 6.04 Å². The molecule has 0 saturated carbocycles. The number of carboxylic acid groups (broad SMARTS) is 1. The number of amides is 1. The van der Waals surface area contributed by atoms with Gasteiger partial charge in [0.2, 0.25) is 5.91 Å². The summed E-state index contributed by atoms with van der Waals surface area (Å²) in [6.07, 6.45) is -4.52. The van der Waals surface area contributed by atoms with Crippen molar-refractivity contribution in [3.05, 3.63) is 70.3 Å². The molecule has 2 N–H and O–H groups in total. The summed E-state index contributed by atoms with van der Waals surface area (Å²) in [4.78, 5) is 23.6. The maximum absolute atomic E-state index is 12.6. The molecule has 144 valence electrons. The number of carbonyl (C=O) groups excluding carboxylic acids is 1. The third-order valence-corrected chi connectivity index (χ3v) is 4.29. The number of nitrogens with one attached hydrogen (secondary N) is 1. The molecule has 7 heteroatoms. The van der Waals surface area contributed by atoms with Gasteiger partial charge >= 0.3 is 12.1 Å². The molecule has 2 rings (SSSR count). The number of alkyl halides is 3. The zero-order valence-electron chi connectivity index (χ0n) is 14.9. The van der Waals surface area contributed by atoms with Crippen molar-refractivity contribution in [3.63, 3.8) is 0 Å². The number of hydrogen-bond donors (Lipinski definition) is 2. The Morgan fingerprint density at radius 1 is 1.00 bits per heavy atom. The standard InChI is InChI=1S/C20H20F3NO3/c1-12-3-4-15(9-13(12)2)10-17(19(26)27)24-18(25)11-14-5-7-16(8-6-14)20(21,22)23/h3-9,17H,10-11H2,1-2H3,(H,24,25)(H,26,27)/t17-/m1/s1. The third kappa shape index (κ3) is 5.84. The number of aryl methyl sites for hydroxylation is 2. The second-order valence-corrected chi connectivity index (χ2v) is 6.45. The first-order valence-electron chi connectivity index (χ1n) is 8.30. The fourth-order valence-corrected chi connectivity index (χ4v) is 2.61. The third-order valence-electron chi connectivity index (χ3n) is 4.29. The van der Waals surface area contributed by atoms with Crippen LogP contribution in [0.1, 0.15) is 27.8 Å². The Labute approximate surface area is 155 Å². The molecule has 27 heavy (non-hydrogen) atoms. The molecule has 0 fully saturated rings. The molecule has 0 aliphatic heterocycles. The van der Waals surface area contributed by atoms with Crippen LogP contribution in [0.2, 0.25) is 0 Å². The van der Waals surface area contributed by atoms with Gasteiger partial charge in [0.25, 0.3) is 0 Å². The van der Waals surface area contributed by atoms with E-state index in [1.165, 1.54) is 12.1 Å². The predicted octanol–water partition coefficient (Wildman–Crippen LogP) is 3.68. The summed E-state index contributed by atoms with van der Waals surface area (Å²) in [6, 6.07) is 8.65. The highest BCUT2D eigenvalue weighted by Gasteiger charge is 2.30. The maximum Gasteiger partial charge on any atom is 0.416 e. The topological polar surface area (TPSA) is 66.4 Å². The highest BCUT2D eigenvalue weighted by molar-refractivity contribution is 5.85. The van der Waals surface area contributed by atoms with Crippen molar-refractivity contribution in [1.29, 1.82) is 0 Å². The van der Waals surface area contributed by atoms with Crippen molar-refractivity contribution in [2.24, 2.45) is 0 Å². The number of rotatable bonds is 6. The van der Waals surface area contributed by atoms with Crippen LogP contribution >= 0.6 is 0 Å². The van der Waals surface area contributed by atoms with Crippen molar-refractivity contribution in [2.45, 2.75) is 38.9 Å². The monoisotopic (exact) mass is 379 g/mol. The second kappa shape index (κ2) is 8.24. The molecule has 1 amide bonds. The Balaban J connectivity index is 2.02. The van der Waals surface area contributed by atoms with Gasteiger partial charge in [-0.05, 0) is 48.2 Å². The van der Waals surface area contributed by atoms with Gasteiger partial charge in [-0.25, -0.2) is 4.79 Å². The molecule has 0 aromatic heterocycles. The molecule has 2 aromatic rings. The van der Waals surface area contributed by atoms with Crippen LogP contribution in [0.15, 0.2) is 42.5 Å². The lowest BCUT2D eigenvalue weighted by Gasteiger charge is -2.16. The lowest BCUT2D eigenvalue weighted by atomic mass is 10.0. The first kappa shape index (κ1) is 20.5. The summed E-state index contributed by atoms with van der Waals surface area (Å²) in [6.45, 7) is 3.86. The van der Waals surface area contributed by atoms with E-state index in [-0.39, 0.29) is 12.8 Å². The molecule has 2 aromatic carbocycles. The van der Waals surface area contributed by atoms with Gasteiger partial charge in [-0.1, -0.05) is 30.3 Å². The zero-order valence-corrected chi connectivity index (χ0v) is 14.9. The minimum Gasteiger partial charge on any atom is -0.480 e. The van der Waals surface area contributed by atoms with Crippen molar-refractivity contribution in [3.8, 4) is 0 Å². The van der Waals surface area contributed by atoms with E-state index in [1.54, 1.807) is 6.07 Å². The highest BCUT2D eigenvalue weighted by Crippen LogP contribution is 2.29. The minimum absolute atomic E-state index is 0.120. The summed E-state index contributed by atoms with van der Waals surface area (Å²) in [5.41, 5.74) is 2.45. The second-order valence-electron chi connectivity index (χ2n) is 6.45. The van der Waals surface area contributed by atoms with Crippen LogP contribution < -0.4 is 5.32 Å². The number of carbonyl (C=O) groups is 2. The van der Waals surface area contributed by atoms with E-state index in [0.717, 1.165) is 28.8 Å². The van der Waals surface area contributed by atoms with Crippen LogP contribution in [0.3, 0.4) is 0 Å². The molecule has 4 nitrogen and oxygen atoms in total. The van der Waals surface area contributed by atoms with Gasteiger partial charge in [-0.3, -0.25) is 4.79 Å². The first-order chi connectivity index (χ1) is 12.6. The van der Waals surface area contributed by atoms with Crippen LogP contribution in [0.5, 0.6) is 0 Å². The normalized spacial score (nSPS) is 12.5. The number of benzene rings is 2. The average Bonchev–Trinajstić information content (AvgIpc) is 2.57. The molecular weight excluding hydrogens is 359 g/mol. The minimum atomic E-state index is -4.44. The van der Waals surface area contributed by atoms with Crippen LogP contribution in [0, 0.1) is 13.8 Å². The quantitative estimate of drug-likeness (QED) is 0.805. The Bertz CT molecular complexity index is 829. The predicted molar refractivity (Wildman–Crippen MR) is 94.3 cm³/mol. The van der Waals surface area contributed by atoms with E-state index in [9.17, 15) is 27.9 Å². The zero-order chi connectivity index (χ0) is 20.2. The van der Waals surface area contributed by atoms with E-state index < -0.39 is 29.7 Å². The number of hydrogen-bond acceptors (Lipinski definition) is 2. The molecule has 0 aliphatic carbocycles. The van der Waals surface area contributed by atoms with Gasteiger partial charge in [-0.2, -0.15) is 13.2 Å². The van der Waals surface area contributed by atoms with E-state index in [0.29, 0.717) is 5.56 Å². The first-order valence-corrected chi connectivity index (χ1v) is 8.30. The van der Waals surface area contributed by atoms with Crippen molar-refractivity contribution >= 4 is 11.9 Å². The van der Waals surface area contributed by atoms with Crippen molar-refractivity contribution in [1.82, 2.24) is 5.32 Å². The molecule has 0 aliphatic rings. The summed E-state index contributed by atoms with van der Waals surface area (Å²) >= 11 is 0. The highest BCUT2D eigenvalue weighted by atomic mass is 19.4. The molecular formula is C20H20F3NO3. The van der Waals surface area contributed by atoms with Gasteiger partial charge in [0.05, 0.1) is 12.0 Å². The van der Waals surface area contributed by atoms with Gasteiger partial charge in [0.15, 0.2) is 0 Å². The molecule has 0 heterocycles. The van der Waals surface area contributed by atoms with E-state index >= 15 is 0 Å². The Kier molecular flexibility index (Phi) is 6.25. The SMILES string of the molecule is Cc1ccc(C[C@@H](NC(=O)Cc2ccc(C(F)(F)F)cc2)C(=O)O)cc1C. The van der Waals surface area contributed by atoms with Crippen LogP contribution in [-0.2, 0) is 28.6 Å². The smallest absolute Gasteiger partial charge is 0.416 e. The summed E-state index contributed by atoms with van der Waals surface area (Å²) in [7, 11) is 0. The summed E-state index contributed by atoms with van der Waals surface area (Å²) in [5, 5.41) is 11.8. The number of aliphatic carboxylic acids is 1. The number of carboxylic acids is 1. The van der Waals surface area contributed by atoms with Crippen molar-refractivity contribution < 1.29 is 27.9 Å². The summed E-state index contributed by atoms with van der Waals surface area (Å²) < 4.78 is 37.7. The van der Waals surface area contributed by atoms with Gasteiger partial charge < -0.3 is 10.4 Å². The molecule has 0 saturated heterocycles. The Hall–Kier alpha value is -2.83. The van der Waals surface area contributed by atoms with Crippen LogP contribution in [0.4, 0.5) is 13.2 Å². The number of halogens is 3. The Morgan fingerprint density at radius 2 is 1.59 bits per heavy atom. The largest absolute Gasteiger partial charge is 0.480 e. The maximum atomic E-state index is 12.6. The van der Waals surface area contributed by atoms with Gasteiger partial charge in [-0.15, -0.1) is 0 Å². The molecule has 0 unspecified atom stereocenters. The molecule has 0 bridgehead atoms. The van der Waals surface area contributed by atoms with Crippen LogP contribution in [0.25, 0.3) is 0 Å². The lowest BCUT2D eigenvalue weighted by Crippen LogP contribution is -2.43. The van der Waals surface area contributed by atoms with Crippen molar-refractivity contribution in [2.75, 3.05) is 0 Å². The fraction of sp³-hybridized carbons (Fsp3) is 0.300. The molecule has 0 spiro atoms. The summed E-state index contributed by atoms with van der Waals surface area (Å²) in [5.74, 6) is -1.74. The lowest BCUT2D eigenvalue weighted by molar-refractivity contribution is -0.141. The Morgan fingerprint density at radius 3 is 2.11 bits per heavy atom. The van der Waals surface area contributed by atoms with E-state index in [2.05, 4.69) is 5.32 Å². The molecule has 1 atom stereocenters. The molecule has 0 radical (unpaired) electrons. The average molecular weight is 379 g/mol. The fourth-order valence-electron chi connectivity index (χ4n) is 2.61. The van der Waals surface area contributed by atoms with E-state index in [1.807, 2.05) is 26.0 Å². The van der Waals surface area contributed by atoms with E-state index in [4.69, 9.17) is 0 Å². The van der Waals surface area contributed by atoms with Gasteiger partial charge in [0, 0.05) is 6.42 Å². The van der Waals surface area contributed by atoms with Crippen LogP contribution in [-0.4, -0.2) is 23.0 Å².